The maximum absolute atomic E-state index is 13.3. The molecule has 0 spiro atoms. The maximum Gasteiger partial charge on any atom is 0.417 e. The number of hydrogen-bond donors (Lipinski definition) is 1. The number of benzene rings is 2. The lowest BCUT2D eigenvalue weighted by atomic mass is 9.98. The molecule has 0 saturated heterocycles. The molecule has 0 fully saturated rings. The Morgan fingerprint density at radius 3 is 2.33 bits per heavy atom. The largest absolute Gasteiger partial charge is 0.504 e. The van der Waals surface area contributed by atoms with Crippen molar-refractivity contribution in [3.05, 3.63) is 63.9 Å². The molecule has 2 aromatic carbocycles. The second-order valence-corrected chi connectivity index (χ2v) is 4.57. The van der Waals surface area contributed by atoms with Gasteiger partial charge in [-0.15, -0.1) is 0 Å². The van der Waals surface area contributed by atoms with Gasteiger partial charge in [0.05, 0.1) is 10.6 Å². The second-order valence-electron chi connectivity index (χ2n) is 4.16. The van der Waals surface area contributed by atoms with E-state index in [1.165, 1.54) is 6.07 Å². The van der Waals surface area contributed by atoms with Crippen molar-refractivity contribution in [2.75, 3.05) is 0 Å². The average molecular weight is 319 g/mol. The number of rotatable bonds is 2. The van der Waals surface area contributed by atoms with Crippen LogP contribution in [0.2, 0.25) is 5.02 Å². The van der Waals surface area contributed by atoms with E-state index in [9.17, 15) is 22.4 Å². The standard InChI is InChI=1S/C14H7ClF4O2/c15-10-5-7(6-11(16)13(10)21)12(20)8-3-1-2-4-9(8)14(17,18)19/h1-6,21H. The molecular weight excluding hydrogens is 312 g/mol. The zero-order chi connectivity index (χ0) is 15.8. The summed E-state index contributed by atoms with van der Waals surface area (Å²) in [5.41, 5.74) is -2.13. The topological polar surface area (TPSA) is 37.3 Å². The van der Waals surface area contributed by atoms with E-state index in [1.807, 2.05) is 0 Å². The van der Waals surface area contributed by atoms with Crippen LogP contribution in [0.1, 0.15) is 21.5 Å². The number of hydrogen-bond acceptors (Lipinski definition) is 2. The lowest BCUT2D eigenvalue weighted by Crippen LogP contribution is -2.13. The van der Waals surface area contributed by atoms with Crippen LogP contribution in [-0.4, -0.2) is 10.9 Å². The lowest BCUT2D eigenvalue weighted by Gasteiger charge is -2.12. The number of alkyl halides is 3. The van der Waals surface area contributed by atoms with E-state index < -0.39 is 39.7 Å². The summed E-state index contributed by atoms with van der Waals surface area (Å²) in [4.78, 5) is 12.1. The van der Waals surface area contributed by atoms with Crippen LogP contribution in [0, 0.1) is 5.82 Å². The summed E-state index contributed by atoms with van der Waals surface area (Å²) in [5, 5.41) is 8.71. The first-order chi connectivity index (χ1) is 9.71. The summed E-state index contributed by atoms with van der Waals surface area (Å²) in [6.45, 7) is 0. The Balaban J connectivity index is 2.56. The predicted octanol–water partition coefficient (Wildman–Crippen LogP) is 4.43. The minimum atomic E-state index is -4.72. The molecule has 1 N–H and O–H groups in total. The molecule has 110 valence electrons. The van der Waals surface area contributed by atoms with Crippen molar-refractivity contribution in [1.82, 2.24) is 0 Å². The fraction of sp³-hybridized carbons (Fsp3) is 0.0714. The van der Waals surface area contributed by atoms with Gasteiger partial charge in [0.25, 0.3) is 0 Å². The minimum absolute atomic E-state index is 0.382. The van der Waals surface area contributed by atoms with Gasteiger partial charge in [0.15, 0.2) is 17.3 Å². The highest BCUT2D eigenvalue weighted by Gasteiger charge is 2.35. The first kappa shape index (κ1) is 15.3. The average Bonchev–Trinajstić information content (AvgIpc) is 2.42. The molecule has 0 aromatic heterocycles. The third kappa shape index (κ3) is 3.00. The molecule has 0 aliphatic rings. The zero-order valence-electron chi connectivity index (χ0n) is 10.2. The highest BCUT2D eigenvalue weighted by molar-refractivity contribution is 6.32. The summed E-state index contributed by atoms with van der Waals surface area (Å²) in [6.07, 6.45) is -4.72. The number of ketones is 1. The van der Waals surface area contributed by atoms with Crippen molar-refractivity contribution in [1.29, 1.82) is 0 Å². The van der Waals surface area contributed by atoms with E-state index in [0.717, 1.165) is 24.3 Å². The van der Waals surface area contributed by atoms with Crippen molar-refractivity contribution in [3.63, 3.8) is 0 Å². The molecule has 21 heavy (non-hydrogen) atoms. The third-order valence-electron chi connectivity index (χ3n) is 2.76. The molecule has 0 aliphatic carbocycles. The summed E-state index contributed by atoms with van der Waals surface area (Å²) in [7, 11) is 0. The summed E-state index contributed by atoms with van der Waals surface area (Å²) < 4.78 is 51.9. The molecule has 0 saturated carbocycles. The molecule has 0 aliphatic heterocycles. The van der Waals surface area contributed by atoms with Crippen LogP contribution in [0.15, 0.2) is 36.4 Å². The van der Waals surface area contributed by atoms with Crippen LogP contribution in [0.4, 0.5) is 17.6 Å². The Hall–Kier alpha value is -2.08. The SMILES string of the molecule is O=C(c1cc(F)c(O)c(Cl)c1)c1ccccc1C(F)(F)F. The van der Waals surface area contributed by atoms with E-state index in [-0.39, 0.29) is 5.56 Å². The van der Waals surface area contributed by atoms with Crippen molar-refractivity contribution in [2.24, 2.45) is 0 Å². The summed E-state index contributed by atoms with van der Waals surface area (Å²) in [6, 6.07) is 5.70. The first-order valence-corrected chi connectivity index (χ1v) is 5.98. The van der Waals surface area contributed by atoms with Crippen LogP contribution in [0.3, 0.4) is 0 Å². The van der Waals surface area contributed by atoms with E-state index in [0.29, 0.717) is 6.07 Å². The van der Waals surface area contributed by atoms with Gasteiger partial charge in [0.1, 0.15) is 0 Å². The molecule has 2 rings (SSSR count). The van der Waals surface area contributed by atoms with E-state index >= 15 is 0 Å². The number of phenolic OH excluding ortho intramolecular Hbond substituents is 1. The molecule has 2 aromatic rings. The lowest BCUT2D eigenvalue weighted by molar-refractivity contribution is -0.137. The Kier molecular flexibility index (Phi) is 3.91. The molecule has 2 nitrogen and oxygen atoms in total. The Morgan fingerprint density at radius 2 is 1.76 bits per heavy atom. The van der Waals surface area contributed by atoms with Gasteiger partial charge in [-0.05, 0) is 18.2 Å². The zero-order valence-corrected chi connectivity index (χ0v) is 11.0. The van der Waals surface area contributed by atoms with Crippen molar-refractivity contribution < 1.29 is 27.5 Å². The fourth-order valence-corrected chi connectivity index (χ4v) is 1.99. The summed E-state index contributed by atoms with van der Waals surface area (Å²) >= 11 is 5.52. The van der Waals surface area contributed by atoms with Gasteiger partial charge < -0.3 is 5.11 Å². The Labute approximate surface area is 121 Å². The first-order valence-electron chi connectivity index (χ1n) is 5.60. The molecule has 7 heteroatoms. The van der Waals surface area contributed by atoms with Crippen LogP contribution in [0.5, 0.6) is 5.75 Å². The van der Waals surface area contributed by atoms with Crippen LogP contribution < -0.4 is 0 Å². The molecule has 0 heterocycles. The van der Waals surface area contributed by atoms with Crippen molar-refractivity contribution in [2.45, 2.75) is 6.18 Å². The molecule has 0 radical (unpaired) electrons. The molecular formula is C14H7ClF4O2. The monoisotopic (exact) mass is 318 g/mol. The van der Waals surface area contributed by atoms with Gasteiger partial charge >= 0.3 is 6.18 Å². The van der Waals surface area contributed by atoms with Gasteiger partial charge in [-0.2, -0.15) is 13.2 Å². The number of phenols is 1. The van der Waals surface area contributed by atoms with Gasteiger partial charge in [-0.25, -0.2) is 4.39 Å². The van der Waals surface area contributed by atoms with E-state index in [1.54, 1.807) is 0 Å². The number of halogens is 5. The summed E-state index contributed by atoms with van der Waals surface area (Å²) in [5.74, 6) is -3.09. The van der Waals surface area contributed by atoms with Crippen LogP contribution >= 0.6 is 11.6 Å². The van der Waals surface area contributed by atoms with E-state index in [2.05, 4.69) is 0 Å². The second kappa shape index (κ2) is 5.37. The number of carbonyl (C=O) groups excluding carboxylic acids is 1. The molecule has 0 amide bonds. The fourth-order valence-electron chi connectivity index (χ4n) is 1.78. The predicted molar refractivity (Wildman–Crippen MR) is 68.0 cm³/mol. The van der Waals surface area contributed by atoms with Gasteiger partial charge in [0, 0.05) is 11.1 Å². The molecule has 0 atom stereocenters. The molecule has 0 bridgehead atoms. The van der Waals surface area contributed by atoms with Crippen molar-refractivity contribution >= 4 is 17.4 Å². The highest BCUT2D eigenvalue weighted by Crippen LogP contribution is 2.34. The van der Waals surface area contributed by atoms with Gasteiger partial charge in [-0.3, -0.25) is 4.79 Å². The number of carbonyl (C=O) groups is 1. The smallest absolute Gasteiger partial charge is 0.417 e. The normalized spacial score (nSPS) is 11.5. The van der Waals surface area contributed by atoms with Crippen LogP contribution in [0.25, 0.3) is 0 Å². The Bertz CT molecular complexity index is 687. The van der Waals surface area contributed by atoms with Gasteiger partial charge in [0.2, 0.25) is 0 Å². The number of aromatic hydroxyl groups is 1. The van der Waals surface area contributed by atoms with E-state index in [4.69, 9.17) is 16.7 Å². The third-order valence-corrected chi connectivity index (χ3v) is 3.04. The highest BCUT2D eigenvalue weighted by atomic mass is 35.5. The molecule has 0 unspecified atom stereocenters. The maximum atomic E-state index is 13.3. The quantitative estimate of drug-likeness (QED) is 0.657. The van der Waals surface area contributed by atoms with Crippen molar-refractivity contribution in [3.8, 4) is 5.75 Å². The minimum Gasteiger partial charge on any atom is -0.504 e. The van der Waals surface area contributed by atoms with Gasteiger partial charge in [-0.1, -0.05) is 29.8 Å². The van der Waals surface area contributed by atoms with Crippen LogP contribution in [-0.2, 0) is 6.18 Å². The Morgan fingerprint density at radius 1 is 1.14 bits per heavy atom.